The second-order valence-corrected chi connectivity index (χ2v) is 25.4. The number of hydrogen-bond donors (Lipinski definition) is 10. The van der Waals surface area contributed by atoms with Crippen LogP contribution in [0.4, 0.5) is 5.69 Å². The van der Waals surface area contributed by atoms with E-state index < -0.39 is 57.5 Å². The molecule has 1 unspecified atom stereocenters. The lowest BCUT2D eigenvalue weighted by Crippen LogP contribution is -2.62. The molecule has 8 aliphatic carbocycles. The number of hydrogen-bond acceptors (Lipinski definition) is 15. The number of nitrogens with zero attached hydrogens (tertiary/aromatic N) is 2. The smallest absolute Gasteiger partial charge is 0.336 e. The van der Waals surface area contributed by atoms with E-state index in [1.165, 1.54) is 5.57 Å². The molecule has 1 heterocycles. The van der Waals surface area contributed by atoms with Gasteiger partial charge in [0.1, 0.15) is 6.29 Å². The van der Waals surface area contributed by atoms with Gasteiger partial charge in [0, 0.05) is 55.0 Å². The van der Waals surface area contributed by atoms with Crippen molar-refractivity contribution in [3.63, 3.8) is 0 Å². The molecule has 2 aromatic carbocycles. The molecule has 6 fully saturated rings. The molecule has 15 atom stereocenters. The molecule has 20 nitrogen and oxygen atoms in total. The van der Waals surface area contributed by atoms with Gasteiger partial charge in [0.2, 0.25) is 0 Å². The van der Waals surface area contributed by atoms with Gasteiger partial charge in [-0.05, 0) is 178 Å². The summed E-state index contributed by atoms with van der Waals surface area (Å²) in [5, 5.41) is 74.8. The highest BCUT2D eigenvalue weighted by molar-refractivity contribution is 6.02. The Morgan fingerprint density at radius 2 is 1.24 bits per heavy atom. The van der Waals surface area contributed by atoms with Crippen molar-refractivity contribution in [1.29, 1.82) is 0 Å². The van der Waals surface area contributed by atoms with Crippen LogP contribution in [0.15, 0.2) is 72.0 Å². The number of nitrogens with one attached hydrogen (secondary N) is 3. The molecule has 0 bridgehead atoms. The van der Waals surface area contributed by atoms with E-state index in [0.29, 0.717) is 68.7 Å². The van der Waals surface area contributed by atoms with Crippen molar-refractivity contribution in [2.45, 2.75) is 128 Å². The third-order valence-electron chi connectivity index (χ3n) is 21.4. The number of amides is 2. The van der Waals surface area contributed by atoms with E-state index in [0.717, 1.165) is 54.6 Å². The number of methoxy groups -OCH3 is 2. The van der Waals surface area contributed by atoms with Crippen LogP contribution in [0.25, 0.3) is 11.8 Å². The molecule has 20 heteroatoms. The van der Waals surface area contributed by atoms with Crippen LogP contribution in [-0.4, -0.2) is 140 Å². The molecule has 0 radical (unpaired) electrons. The van der Waals surface area contributed by atoms with Crippen molar-refractivity contribution < 1.29 is 68.9 Å². The molecule has 11 rings (SSSR count). The molecular formula is C62H82N6O14. The first kappa shape index (κ1) is 60.5. The normalized spacial score (nSPS) is 36.4. The summed E-state index contributed by atoms with van der Waals surface area (Å²) in [6, 6.07) is 14.4. The number of carbonyl (C=O) groups is 6. The molecule has 8 aliphatic rings. The number of carboxylic acids is 2. The number of aldehydes is 1. The summed E-state index contributed by atoms with van der Waals surface area (Å²) in [6.45, 7) is 9.85. The van der Waals surface area contributed by atoms with Crippen LogP contribution in [-0.2, 0) is 35.1 Å². The Morgan fingerprint density at radius 1 is 0.732 bits per heavy atom. The molecular weight excluding hydrogens is 1050 g/mol. The Hall–Kier alpha value is -6.13. The number of nitrogens with two attached hydrogens (primary N) is 1. The van der Waals surface area contributed by atoms with E-state index in [9.17, 15) is 59.4 Å². The zero-order valence-electron chi connectivity index (χ0n) is 47.9. The predicted molar refractivity (Wildman–Crippen MR) is 302 cm³/mol. The minimum Gasteiger partial charge on any atom is -0.479 e. The van der Waals surface area contributed by atoms with Crippen molar-refractivity contribution in [2.75, 3.05) is 45.9 Å². The SMILES string of the molecule is COCCNC(=O)c1cccc(-n2ncc3c2C=C2CC[C@@H]4[C@H]([C@@H](O)C[C@@]5(C)[C@H]4CC[C@]5(O)C(=O)O)[C@@]2(C)C3)c1.COCCNC(=O)c1cccc(NN)c1.C[C@]12CC(C=O)C(=O)C=C1CC[C@@H]1[C@@H]2[C@@H](O)C[C@@]2(C)[C@H]1CC[C@]2(O)C(=O)O. The number of aromatic nitrogens is 2. The largest absolute Gasteiger partial charge is 0.479 e. The summed E-state index contributed by atoms with van der Waals surface area (Å²) in [7, 11) is 3.18. The van der Waals surface area contributed by atoms with Crippen molar-refractivity contribution in [2.24, 2.45) is 68.9 Å². The van der Waals surface area contributed by atoms with Crippen LogP contribution >= 0.6 is 0 Å². The first-order chi connectivity index (χ1) is 38.9. The van der Waals surface area contributed by atoms with Crippen molar-refractivity contribution in [3.8, 4) is 5.69 Å². The lowest BCUT2D eigenvalue weighted by Gasteiger charge is -2.60. The minimum atomic E-state index is -1.81. The molecule has 0 saturated heterocycles. The molecule has 0 spiro atoms. The van der Waals surface area contributed by atoms with Gasteiger partial charge in [0.15, 0.2) is 17.0 Å². The summed E-state index contributed by atoms with van der Waals surface area (Å²) < 4.78 is 11.7. The quantitative estimate of drug-likeness (QED) is 0.0341. The van der Waals surface area contributed by atoms with E-state index in [1.807, 2.05) is 49.8 Å². The Labute approximate surface area is 478 Å². The van der Waals surface area contributed by atoms with Crippen molar-refractivity contribution >= 4 is 47.6 Å². The number of ether oxygens (including phenoxy) is 2. The zero-order chi connectivity index (χ0) is 59.3. The number of carboxylic acid groups (broad SMARTS) is 2. The number of aliphatic hydroxyl groups excluding tert-OH is 2. The number of nitrogen functional groups attached to an aromatic ring is 1. The average Bonchev–Trinajstić information content (AvgIpc) is 1.86. The van der Waals surface area contributed by atoms with E-state index in [1.54, 1.807) is 50.6 Å². The fourth-order valence-electron chi connectivity index (χ4n) is 17.3. The monoisotopic (exact) mass is 1130 g/mol. The van der Waals surface area contributed by atoms with Crippen LogP contribution in [0.3, 0.4) is 0 Å². The van der Waals surface area contributed by atoms with Crippen LogP contribution in [0.1, 0.15) is 130 Å². The number of ketones is 1. The summed E-state index contributed by atoms with van der Waals surface area (Å²) in [5.41, 5.74) is 3.47. The highest BCUT2D eigenvalue weighted by Crippen LogP contribution is 2.69. The Morgan fingerprint density at radius 3 is 1.76 bits per heavy atom. The lowest BCUT2D eigenvalue weighted by molar-refractivity contribution is -0.195. The lowest BCUT2D eigenvalue weighted by atomic mass is 9.45. The molecule has 444 valence electrons. The van der Waals surface area contributed by atoms with Gasteiger partial charge >= 0.3 is 11.9 Å². The number of fused-ring (bicyclic) bond motifs is 11. The Bertz CT molecular complexity index is 3030. The fraction of sp³-hybridized carbons (Fsp3) is 0.597. The topological polar surface area (TPSA) is 322 Å². The van der Waals surface area contributed by atoms with Gasteiger partial charge in [-0.2, -0.15) is 5.10 Å². The number of allylic oxidation sites excluding steroid dienone is 2. The maximum Gasteiger partial charge on any atom is 0.336 e. The number of anilines is 1. The molecule has 1 aromatic heterocycles. The van der Waals surface area contributed by atoms with Gasteiger partial charge in [-0.1, -0.05) is 51.0 Å². The van der Waals surface area contributed by atoms with Gasteiger partial charge in [-0.25, -0.2) is 14.3 Å². The van der Waals surface area contributed by atoms with E-state index in [4.69, 9.17) is 20.4 Å². The van der Waals surface area contributed by atoms with Gasteiger partial charge in [-0.3, -0.25) is 20.2 Å². The second-order valence-electron chi connectivity index (χ2n) is 25.4. The highest BCUT2D eigenvalue weighted by Gasteiger charge is 2.71. The first-order valence-electron chi connectivity index (χ1n) is 28.9. The number of hydrazine groups is 1. The third-order valence-corrected chi connectivity index (χ3v) is 21.4. The van der Waals surface area contributed by atoms with E-state index >= 15 is 0 Å². The molecule has 0 aliphatic heterocycles. The molecule has 82 heavy (non-hydrogen) atoms. The number of benzene rings is 2. The molecule has 6 saturated carbocycles. The predicted octanol–water partition coefficient (Wildman–Crippen LogP) is 5.30. The van der Waals surface area contributed by atoms with Gasteiger partial charge in [-0.15, -0.1) is 0 Å². The minimum absolute atomic E-state index is 0.0117. The summed E-state index contributed by atoms with van der Waals surface area (Å²) >= 11 is 0. The summed E-state index contributed by atoms with van der Waals surface area (Å²) in [5.74, 6) is 1.91. The van der Waals surface area contributed by atoms with Crippen LogP contribution in [0, 0.1) is 63.1 Å². The maximum absolute atomic E-state index is 12.6. The zero-order valence-corrected chi connectivity index (χ0v) is 47.9. The fourth-order valence-corrected chi connectivity index (χ4v) is 17.3. The number of aliphatic hydroxyl groups is 4. The first-order valence-corrected chi connectivity index (χ1v) is 28.9. The van der Waals surface area contributed by atoms with E-state index in [2.05, 4.69) is 29.1 Å². The number of rotatable bonds is 13. The summed E-state index contributed by atoms with van der Waals surface area (Å²) in [4.78, 5) is 71.8. The van der Waals surface area contributed by atoms with Gasteiger partial charge < -0.3 is 61.0 Å². The second kappa shape index (κ2) is 23.1. The Kier molecular flexibility index (Phi) is 17.1. The van der Waals surface area contributed by atoms with E-state index in [-0.39, 0.29) is 84.2 Å². The molecule has 11 N–H and O–H groups in total. The van der Waals surface area contributed by atoms with Crippen molar-refractivity contribution in [3.05, 3.63) is 94.3 Å². The Balaban J connectivity index is 0.000000166. The van der Waals surface area contributed by atoms with Crippen LogP contribution in [0.5, 0.6) is 0 Å². The third kappa shape index (κ3) is 10.1. The van der Waals surface area contributed by atoms with Crippen LogP contribution < -0.4 is 21.9 Å². The standard InChI is InChI=1S/C31H39N3O6.C21H28O6.C10H15N3O2/c1-29-15-19-17-33-34(21-6-4-5-18(13-21)27(36)32-11-12-40-3)24(19)14-20(29)7-8-22-23-9-10-31(39,28(37)38)30(23,2)16-25(35)26(22)29;1-19-8-11(10-22)15(23)7-12(19)3-4-13-14-5-6-21(27,18(25)26)20(14,2)9-16(24)17(13)19;1-15-6-5-12-10(14)8-3-2-4-9(7-8)13-11/h4-6,13-14,17,22-23,25-26,35,39H,7-12,15-16H2,1-3H3,(H,32,36)(H,37,38);7,10-11,13-14,16-17,24,27H,3-6,8-9H2,1-2H3,(H,25,26);2-4,7,13H,5-6,11H2,1H3,(H,12,14)/t22-,23-,25-,26+,29-,30-,31-;11?,13-,14-,16-,17+,19-,20-,21-;/m00./s1. The molecule has 3 aromatic rings. The summed E-state index contributed by atoms with van der Waals surface area (Å²) in [6.07, 6.45) is 11.6. The van der Waals surface area contributed by atoms with Gasteiger partial charge in [0.05, 0.1) is 48.9 Å². The molecule has 2 amide bonds. The maximum atomic E-state index is 12.6. The highest BCUT2D eigenvalue weighted by atomic mass is 16.5. The van der Waals surface area contributed by atoms with Crippen molar-refractivity contribution in [1.82, 2.24) is 20.4 Å². The van der Waals surface area contributed by atoms with Gasteiger partial charge in [0.25, 0.3) is 11.8 Å². The average molecular weight is 1140 g/mol. The number of aliphatic carboxylic acids is 2. The van der Waals surface area contributed by atoms with Crippen LogP contribution in [0.2, 0.25) is 0 Å². The number of carbonyl (C=O) groups excluding carboxylic acids is 4.